The highest BCUT2D eigenvalue weighted by atomic mass is 35.5. The second-order valence-corrected chi connectivity index (χ2v) is 6.05. The van der Waals surface area contributed by atoms with Crippen LogP contribution in [-0.4, -0.2) is 63.3 Å². The number of amides is 1. The molecule has 1 fully saturated rings. The molecule has 0 aliphatic carbocycles. The summed E-state index contributed by atoms with van der Waals surface area (Å²) in [6.07, 6.45) is 2.97. The van der Waals surface area contributed by atoms with Crippen molar-refractivity contribution in [2.24, 2.45) is 5.41 Å². The van der Waals surface area contributed by atoms with Gasteiger partial charge in [-0.25, -0.2) is 0 Å². The van der Waals surface area contributed by atoms with Crippen LogP contribution in [0.3, 0.4) is 0 Å². The second kappa shape index (κ2) is 13.2. The van der Waals surface area contributed by atoms with E-state index in [-0.39, 0.29) is 42.2 Å². The normalized spacial score (nSPS) is 17.8. The lowest BCUT2D eigenvalue weighted by molar-refractivity contribution is -0.127. The van der Waals surface area contributed by atoms with Gasteiger partial charge in [-0.3, -0.25) is 9.69 Å². The Morgan fingerprint density at radius 3 is 2.22 bits per heavy atom. The summed E-state index contributed by atoms with van der Waals surface area (Å²) in [6.45, 7) is 11.6. The molecule has 0 bridgehead atoms. The Bertz CT molecular complexity index is 304. The minimum atomic E-state index is -0.0127. The maximum absolute atomic E-state index is 12.5. The monoisotopic (exact) mass is 371 g/mol. The lowest BCUT2D eigenvalue weighted by Crippen LogP contribution is -2.52. The van der Waals surface area contributed by atoms with Gasteiger partial charge in [-0.2, -0.15) is 0 Å². The van der Waals surface area contributed by atoms with Gasteiger partial charge < -0.3 is 15.4 Å². The number of halogens is 2. The van der Waals surface area contributed by atoms with Gasteiger partial charge in [0.15, 0.2) is 0 Å². The summed E-state index contributed by atoms with van der Waals surface area (Å²) in [7, 11) is 1.75. The zero-order chi connectivity index (χ0) is 15.7. The third-order valence-electron chi connectivity index (χ3n) is 4.69. The summed E-state index contributed by atoms with van der Waals surface area (Å²) in [5.41, 5.74) is 0.0945. The van der Waals surface area contributed by atoms with E-state index < -0.39 is 0 Å². The average molecular weight is 372 g/mol. The van der Waals surface area contributed by atoms with Gasteiger partial charge in [0.1, 0.15) is 0 Å². The molecule has 1 aliphatic heterocycles. The highest BCUT2D eigenvalue weighted by molar-refractivity contribution is 5.85. The van der Waals surface area contributed by atoms with Gasteiger partial charge in [-0.1, -0.05) is 20.8 Å². The molecule has 0 aromatic heterocycles. The number of methoxy groups -OCH3 is 1. The van der Waals surface area contributed by atoms with Crippen LogP contribution >= 0.6 is 24.8 Å². The maximum atomic E-state index is 12.5. The molecule has 1 heterocycles. The van der Waals surface area contributed by atoms with Crippen molar-refractivity contribution in [3.63, 3.8) is 0 Å². The van der Waals surface area contributed by atoms with Crippen molar-refractivity contribution in [3.05, 3.63) is 0 Å². The van der Waals surface area contributed by atoms with Crippen LogP contribution in [0.2, 0.25) is 0 Å². The number of carbonyl (C=O) groups excluding carboxylic acids is 1. The van der Waals surface area contributed by atoms with Gasteiger partial charge >= 0.3 is 0 Å². The van der Waals surface area contributed by atoms with Crippen LogP contribution in [0, 0.1) is 5.41 Å². The third kappa shape index (κ3) is 7.57. The van der Waals surface area contributed by atoms with E-state index >= 15 is 0 Å². The molecule has 1 saturated heterocycles. The van der Waals surface area contributed by atoms with E-state index in [1.807, 2.05) is 0 Å². The number of nitrogens with one attached hydrogen (secondary N) is 2. The highest BCUT2D eigenvalue weighted by Gasteiger charge is 2.33. The van der Waals surface area contributed by atoms with Crippen molar-refractivity contribution in [3.8, 4) is 0 Å². The highest BCUT2D eigenvalue weighted by Crippen LogP contribution is 2.28. The molecule has 2 N–H and O–H groups in total. The van der Waals surface area contributed by atoms with Crippen LogP contribution in [0.1, 0.15) is 40.0 Å². The lowest BCUT2D eigenvalue weighted by Gasteiger charge is -2.38. The minimum absolute atomic E-state index is 0. The smallest absolute Gasteiger partial charge is 0.237 e. The van der Waals surface area contributed by atoms with E-state index in [0.29, 0.717) is 0 Å². The number of rotatable bonds is 9. The Balaban J connectivity index is 0. The standard InChI is InChI=1S/C16H33N3O2.2ClH/c1-5-14(19(6-2)7-3)15(20)18-12-16(13-21-4)8-10-17-11-9-16;;/h14,17H,5-13H2,1-4H3,(H,18,20);2*1H. The Morgan fingerprint density at radius 2 is 1.78 bits per heavy atom. The Morgan fingerprint density at radius 1 is 1.22 bits per heavy atom. The van der Waals surface area contributed by atoms with Crippen LogP contribution in [0.5, 0.6) is 0 Å². The summed E-state index contributed by atoms with van der Waals surface area (Å²) < 4.78 is 5.40. The number of piperidine rings is 1. The van der Waals surface area contributed by atoms with Gasteiger partial charge in [0.25, 0.3) is 0 Å². The molecule has 1 aliphatic rings. The largest absolute Gasteiger partial charge is 0.384 e. The van der Waals surface area contributed by atoms with Crippen LogP contribution < -0.4 is 10.6 Å². The molecule has 0 spiro atoms. The van der Waals surface area contributed by atoms with E-state index in [9.17, 15) is 4.79 Å². The van der Waals surface area contributed by atoms with Gasteiger partial charge in [0.2, 0.25) is 5.91 Å². The molecular formula is C16H35Cl2N3O2. The lowest BCUT2D eigenvalue weighted by atomic mass is 9.79. The predicted octanol–water partition coefficient (Wildman–Crippen LogP) is 2.08. The molecule has 1 rings (SSSR count). The number of carbonyl (C=O) groups is 1. The van der Waals surface area contributed by atoms with Crippen molar-refractivity contribution >= 4 is 30.7 Å². The summed E-state index contributed by atoms with van der Waals surface area (Å²) in [5, 5.41) is 6.57. The molecule has 0 saturated carbocycles. The van der Waals surface area contributed by atoms with E-state index in [2.05, 4.69) is 36.3 Å². The summed E-state index contributed by atoms with van der Waals surface area (Å²) in [4.78, 5) is 14.7. The predicted molar refractivity (Wildman–Crippen MR) is 101 cm³/mol. The third-order valence-corrected chi connectivity index (χ3v) is 4.69. The molecule has 23 heavy (non-hydrogen) atoms. The van der Waals surface area contributed by atoms with Crippen molar-refractivity contribution in [1.82, 2.24) is 15.5 Å². The molecule has 0 radical (unpaired) electrons. The van der Waals surface area contributed by atoms with Crippen molar-refractivity contribution in [1.29, 1.82) is 0 Å². The number of hydrogen-bond acceptors (Lipinski definition) is 4. The van der Waals surface area contributed by atoms with Crippen LogP contribution in [0.25, 0.3) is 0 Å². The first-order valence-corrected chi connectivity index (χ1v) is 8.33. The molecule has 140 valence electrons. The average Bonchev–Trinajstić information content (AvgIpc) is 2.51. The number of ether oxygens (including phenoxy) is 1. The van der Waals surface area contributed by atoms with Gasteiger partial charge in [-0.15, -0.1) is 24.8 Å². The number of nitrogens with zero attached hydrogens (tertiary/aromatic N) is 1. The second-order valence-electron chi connectivity index (χ2n) is 6.05. The number of hydrogen-bond donors (Lipinski definition) is 2. The van der Waals surface area contributed by atoms with E-state index in [0.717, 1.165) is 58.6 Å². The molecule has 0 aromatic carbocycles. The first kappa shape index (κ1) is 25.2. The first-order valence-electron chi connectivity index (χ1n) is 8.33. The molecule has 5 nitrogen and oxygen atoms in total. The summed E-state index contributed by atoms with van der Waals surface area (Å²) in [6, 6.07) is -0.0127. The fraction of sp³-hybridized carbons (Fsp3) is 0.938. The SMILES string of the molecule is CCC(C(=O)NCC1(COC)CCNCC1)N(CC)CC.Cl.Cl. The van der Waals surface area contributed by atoms with E-state index in [1.165, 1.54) is 0 Å². The summed E-state index contributed by atoms with van der Waals surface area (Å²) >= 11 is 0. The zero-order valence-electron chi connectivity index (χ0n) is 15.0. The first-order chi connectivity index (χ1) is 10.1. The quantitative estimate of drug-likeness (QED) is 0.651. The Labute approximate surface area is 154 Å². The van der Waals surface area contributed by atoms with Crippen molar-refractivity contribution in [2.45, 2.75) is 46.1 Å². The fourth-order valence-electron chi connectivity index (χ4n) is 3.30. The Kier molecular flexibility index (Phi) is 14.5. The van der Waals surface area contributed by atoms with Crippen molar-refractivity contribution in [2.75, 3.05) is 46.4 Å². The van der Waals surface area contributed by atoms with E-state index in [1.54, 1.807) is 7.11 Å². The van der Waals surface area contributed by atoms with Crippen molar-refractivity contribution < 1.29 is 9.53 Å². The fourth-order valence-corrected chi connectivity index (χ4v) is 3.30. The molecule has 1 unspecified atom stereocenters. The molecule has 1 atom stereocenters. The van der Waals surface area contributed by atoms with Crippen LogP contribution in [0.15, 0.2) is 0 Å². The summed E-state index contributed by atoms with van der Waals surface area (Å²) in [5.74, 6) is 0.162. The molecular weight excluding hydrogens is 337 g/mol. The van der Waals surface area contributed by atoms with Gasteiger partial charge in [-0.05, 0) is 45.4 Å². The molecule has 0 aromatic rings. The van der Waals surface area contributed by atoms with Gasteiger partial charge in [0.05, 0.1) is 12.6 Å². The topological polar surface area (TPSA) is 53.6 Å². The maximum Gasteiger partial charge on any atom is 0.237 e. The van der Waals surface area contributed by atoms with Crippen LogP contribution in [-0.2, 0) is 9.53 Å². The molecule has 7 heteroatoms. The van der Waals surface area contributed by atoms with Crippen LogP contribution in [0.4, 0.5) is 0 Å². The zero-order valence-corrected chi connectivity index (χ0v) is 16.7. The minimum Gasteiger partial charge on any atom is -0.384 e. The van der Waals surface area contributed by atoms with E-state index in [4.69, 9.17) is 4.74 Å². The van der Waals surface area contributed by atoms with Gasteiger partial charge in [0, 0.05) is 19.1 Å². The molecule has 1 amide bonds. The Hall–Kier alpha value is -0.0700. The number of likely N-dealkylation sites (N-methyl/N-ethyl adjacent to an activating group) is 1.